The highest BCUT2D eigenvalue weighted by Crippen LogP contribution is 2.44. The highest BCUT2D eigenvalue weighted by atomic mass is 35.5. The Labute approximate surface area is 158 Å². The number of pyridine rings is 1. The number of rotatable bonds is 6. The molecular weight excluding hydrogens is 378 g/mol. The van der Waals surface area contributed by atoms with E-state index in [-0.39, 0.29) is 19.1 Å². The number of nitrogens with zero attached hydrogens (tertiary/aromatic N) is 2. The van der Waals surface area contributed by atoms with Gasteiger partial charge in [0.2, 0.25) is 5.91 Å². The molecule has 5 nitrogen and oxygen atoms in total. The van der Waals surface area contributed by atoms with Gasteiger partial charge in [0.15, 0.2) is 4.34 Å². The predicted molar refractivity (Wildman–Crippen MR) is 102 cm³/mol. The number of aromatic nitrogens is 2. The molecule has 0 saturated heterocycles. The number of fused-ring (bicyclic) bond motifs is 1. The summed E-state index contributed by atoms with van der Waals surface area (Å²) < 4.78 is 0.894. The lowest BCUT2D eigenvalue weighted by molar-refractivity contribution is -0.123. The minimum absolute atomic E-state index is 0.109. The maximum absolute atomic E-state index is 12.8. The molecule has 0 aliphatic carbocycles. The van der Waals surface area contributed by atoms with E-state index in [9.17, 15) is 4.79 Å². The quantitative estimate of drug-likeness (QED) is 0.627. The van der Waals surface area contributed by atoms with Crippen LogP contribution in [0.4, 0.5) is 0 Å². The standard InChI is InChI=1S/C17H16ClN3O2S2/c1-17(15(23)20-8-9-22,11-4-6-19-7-5-11)25-16-21-13-10-12(18)2-3-14(13)24-16/h2-7,10,22H,8-9H2,1H3,(H,20,23). The van der Waals surface area contributed by atoms with Crippen molar-refractivity contribution in [2.75, 3.05) is 13.2 Å². The van der Waals surface area contributed by atoms with E-state index in [0.717, 1.165) is 20.1 Å². The van der Waals surface area contributed by atoms with Gasteiger partial charge in [-0.25, -0.2) is 4.98 Å². The molecular formula is C17H16ClN3O2S2. The van der Waals surface area contributed by atoms with Crippen molar-refractivity contribution < 1.29 is 9.90 Å². The Hall–Kier alpha value is -1.67. The lowest BCUT2D eigenvalue weighted by Gasteiger charge is -2.27. The smallest absolute Gasteiger partial charge is 0.241 e. The van der Waals surface area contributed by atoms with E-state index >= 15 is 0 Å². The Kier molecular flexibility index (Phi) is 5.58. The first kappa shape index (κ1) is 18.1. The second-order valence-corrected chi connectivity index (χ2v) is 8.58. The summed E-state index contributed by atoms with van der Waals surface area (Å²) in [6, 6.07) is 9.19. The molecule has 25 heavy (non-hydrogen) atoms. The van der Waals surface area contributed by atoms with Crippen molar-refractivity contribution in [2.45, 2.75) is 16.0 Å². The molecule has 8 heteroatoms. The molecule has 3 aromatic rings. The fourth-order valence-electron chi connectivity index (χ4n) is 2.34. The highest BCUT2D eigenvalue weighted by Gasteiger charge is 2.37. The summed E-state index contributed by atoms with van der Waals surface area (Å²) >= 11 is 8.92. The van der Waals surface area contributed by atoms with Gasteiger partial charge in [-0.15, -0.1) is 11.3 Å². The first-order chi connectivity index (χ1) is 12.0. The molecule has 3 rings (SSSR count). The summed E-state index contributed by atoms with van der Waals surface area (Å²) in [6.07, 6.45) is 3.32. The van der Waals surface area contributed by atoms with Crippen molar-refractivity contribution >= 4 is 50.8 Å². The number of thiazole rings is 1. The number of carbonyl (C=O) groups excluding carboxylic acids is 1. The minimum Gasteiger partial charge on any atom is -0.395 e. The van der Waals surface area contributed by atoms with Crippen molar-refractivity contribution in [1.82, 2.24) is 15.3 Å². The van der Waals surface area contributed by atoms with Crippen LogP contribution in [0.2, 0.25) is 5.02 Å². The molecule has 0 saturated carbocycles. The van der Waals surface area contributed by atoms with Gasteiger partial charge in [-0.05, 0) is 42.8 Å². The number of benzene rings is 1. The number of nitrogens with one attached hydrogen (secondary N) is 1. The molecule has 2 aromatic heterocycles. The van der Waals surface area contributed by atoms with Crippen LogP contribution in [0.25, 0.3) is 10.2 Å². The fraction of sp³-hybridized carbons (Fsp3) is 0.235. The zero-order valence-electron chi connectivity index (χ0n) is 13.4. The molecule has 0 bridgehead atoms. The number of amides is 1. The molecule has 2 heterocycles. The number of hydrogen-bond acceptors (Lipinski definition) is 6. The average molecular weight is 394 g/mol. The van der Waals surface area contributed by atoms with Gasteiger partial charge >= 0.3 is 0 Å². The first-order valence-corrected chi connectivity index (χ1v) is 9.59. The van der Waals surface area contributed by atoms with Crippen LogP contribution in [0.5, 0.6) is 0 Å². The normalized spacial score (nSPS) is 13.6. The highest BCUT2D eigenvalue weighted by molar-refractivity contribution is 8.02. The summed E-state index contributed by atoms with van der Waals surface area (Å²) in [4.78, 5) is 21.4. The maximum Gasteiger partial charge on any atom is 0.241 e. The van der Waals surface area contributed by atoms with Crippen LogP contribution in [-0.4, -0.2) is 34.1 Å². The first-order valence-electron chi connectivity index (χ1n) is 7.58. The molecule has 0 spiro atoms. The zero-order chi connectivity index (χ0) is 17.9. The number of aliphatic hydroxyl groups excluding tert-OH is 1. The zero-order valence-corrected chi connectivity index (χ0v) is 15.8. The summed E-state index contributed by atoms with van der Waals surface area (Å²) in [5.74, 6) is -0.185. The second kappa shape index (κ2) is 7.70. The van der Waals surface area contributed by atoms with Gasteiger partial charge in [-0.3, -0.25) is 9.78 Å². The molecule has 0 aliphatic heterocycles. The summed E-state index contributed by atoms with van der Waals surface area (Å²) in [6.45, 7) is 1.94. The van der Waals surface area contributed by atoms with Crippen LogP contribution in [0.3, 0.4) is 0 Å². The Morgan fingerprint density at radius 2 is 2.12 bits per heavy atom. The van der Waals surface area contributed by atoms with E-state index in [0.29, 0.717) is 5.02 Å². The van der Waals surface area contributed by atoms with Gasteiger partial charge < -0.3 is 10.4 Å². The third kappa shape index (κ3) is 3.95. The minimum atomic E-state index is -0.893. The lowest BCUT2D eigenvalue weighted by atomic mass is 10.0. The van der Waals surface area contributed by atoms with Crippen LogP contribution in [-0.2, 0) is 9.54 Å². The van der Waals surface area contributed by atoms with Crippen molar-refractivity contribution in [1.29, 1.82) is 0 Å². The van der Waals surface area contributed by atoms with E-state index in [1.165, 1.54) is 23.1 Å². The summed E-state index contributed by atoms with van der Waals surface area (Å²) in [7, 11) is 0. The van der Waals surface area contributed by atoms with Crippen LogP contribution >= 0.6 is 34.7 Å². The third-order valence-corrected chi connectivity index (χ3v) is 6.34. The largest absolute Gasteiger partial charge is 0.395 e. The molecule has 1 aromatic carbocycles. The van der Waals surface area contributed by atoms with Gasteiger partial charge in [0.25, 0.3) is 0 Å². The van der Waals surface area contributed by atoms with Crippen molar-refractivity contribution in [3.05, 3.63) is 53.3 Å². The molecule has 0 fully saturated rings. The van der Waals surface area contributed by atoms with Crippen LogP contribution in [0, 0.1) is 0 Å². The number of thioether (sulfide) groups is 1. The van der Waals surface area contributed by atoms with Crippen LogP contribution in [0.15, 0.2) is 47.1 Å². The van der Waals surface area contributed by atoms with Crippen molar-refractivity contribution in [2.24, 2.45) is 0 Å². The second-order valence-electron chi connectivity index (χ2n) is 5.44. The summed E-state index contributed by atoms with van der Waals surface area (Å²) in [5.41, 5.74) is 1.63. The molecule has 1 unspecified atom stereocenters. The Morgan fingerprint density at radius 3 is 2.84 bits per heavy atom. The molecule has 0 aliphatic rings. The molecule has 0 radical (unpaired) electrons. The summed E-state index contributed by atoms with van der Waals surface area (Å²) in [5, 5.41) is 12.4. The van der Waals surface area contributed by atoms with E-state index < -0.39 is 4.75 Å². The van der Waals surface area contributed by atoms with Gasteiger partial charge in [-0.1, -0.05) is 23.4 Å². The average Bonchev–Trinajstić information content (AvgIpc) is 3.01. The van der Waals surface area contributed by atoms with Gasteiger partial charge in [0.1, 0.15) is 4.75 Å². The van der Waals surface area contributed by atoms with Crippen LogP contribution < -0.4 is 5.32 Å². The monoisotopic (exact) mass is 393 g/mol. The number of hydrogen-bond donors (Lipinski definition) is 2. The number of carbonyl (C=O) groups is 1. The predicted octanol–water partition coefficient (Wildman–Crippen LogP) is 3.46. The third-order valence-electron chi connectivity index (χ3n) is 3.68. The Bertz CT molecular complexity index is 888. The van der Waals surface area contributed by atoms with Gasteiger partial charge in [0, 0.05) is 24.0 Å². The SMILES string of the molecule is CC(Sc1nc2cc(Cl)ccc2s1)(C(=O)NCCO)c1ccncc1. The lowest BCUT2D eigenvalue weighted by Crippen LogP contribution is -2.41. The molecule has 2 N–H and O–H groups in total. The van der Waals surface area contributed by atoms with E-state index in [4.69, 9.17) is 16.7 Å². The van der Waals surface area contributed by atoms with Gasteiger partial charge in [0.05, 0.1) is 16.8 Å². The number of aliphatic hydroxyl groups is 1. The molecule has 1 amide bonds. The maximum atomic E-state index is 12.8. The molecule has 130 valence electrons. The number of halogens is 1. The van der Waals surface area contributed by atoms with Crippen molar-refractivity contribution in [3.63, 3.8) is 0 Å². The van der Waals surface area contributed by atoms with E-state index in [1.807, 2.05) is 37.3 Å². The topological polar surface area (TPSA) is 75.1 Å². The van der Waals surface area contributed by atoms with E-state index in [1.54, 1.807) is 12.4 Å². The van der Waals surface area contributed by atoms with Crippen molar-refractivity contribution in [3.8, 4) is 0 Å². The van der Waals surface area contributed by atoms with E-state index in [2.05, 4.69) is 15.3 Å². The molecule has 1 atom stereocenters. The Morgan fingerprint density at radius 1 is 1.36 bits per heavy atom. The Balaban J connectivity index is 1.97. The fourth-order valence-corrected chi connectivity index (χ4v) is 5.03. The van der Waals surface area contributed by atoms with Crippen LogP contribution in [0.1, 0.15) is 12.5 Å². The van der Waals surface area contributed by atoms with Gasteiger partial charge in [-0.2, -0.15) is 0 Å².